The van der Waals surface area contributed by atoms with Crippen molar-refractivity contribution in [3.63, 3.8) is 0 Å². The SMILES string of the molecule is CCOC(=O)c1cc(N2CCc3ccccc32)ncc1N. The lowest BCUT2D eigenvalue weighted by Gasteiger charge is -2.19. The second kappa shape index (κ2) is 5.44. The van der Waals surface area contributed by atoms with Gasteiger partial charge >= 0.3 is 5.97 Å². The van der Waals surface area contributed by atoms with Crippen molar-refractivity contribution < 1.29 is 9.53 Å². The Morgan fingerprint density at radius 2 is 2.24 bits per heavy atom. The molecule has 0 atom stereocenters. The molecule has 0 unspecified atom stereocenters. The molecular weight excluding hydrogens is 266 g/mol. The summed E-state index contributed by atoms with van der Waals surface area (Å²) in [4.78, 5) is 18.4. The number of aromatic nitrogens is 1. The van der Waals surface area contributed by atoms with Gasteiger partial charge in [-0.3, -0.25) is 0 Å². The molecular formula is C16H17N3O2. The van der Waals surface area contributed by atoms with E-state index in [-0.39, 0.29) is 0 Å². The summed E-state index contributed by atoms with van der Waals surface area (Å²) in [5.74, 6) is 0.309. The fourth-order valence-corrected chi connectivity index (χ4v) is 2.56. The van der Waals surface area contributed by atoms with Crippen molar-refractivity contribution >= 4 is 23.2 Å². The molecule has 0 amide bonds. The minimum absolute atomic E-state index is 0.322. The zero-order valence-corrected chi connectivity index (χ0v) is 11.9. The Morgan fingerprint density at radius 3 is 3.05 bits per heavy atom. The Bertz CT molecular complexity index is 685. The molecule has 3 rings (SSSR count). The van der Waals surface area contributed by atoms with Gasteiger partial charge in [0.25, 0.3) is 0 Å². The summed E-state index contributed by atoms with van der Waals surface area (Å²) >= 11 is 0. The summed E-state index contributed by atoms with van der Waals surface area (Å²) in [7, 11) is 0. The minimum Gasteiger partial charge on any atom is -0.462 e. The molecule has 0 fully saturated rings. The third kappa shape index (κ3) is 2.42. The van der Waals surface area contributed by atoms with E-state index in [1.165, 1.54) is 11.8 Å². The van der Waals surface area contributed by atoms with Crippen LogP contribution in [-0.2, 0) is 11.2 Å². The second-order valence-corrected chi connectivity index (χ2v) is 4.88. The smallest absolute Gasteiger partial charge is 0.340 e. The molecule has 2 aromatic rings. The summed E-state index contributed by atoms with van der Waals surface area (Å²) in [5, 5.41) is 0. The number of benzene rings is 1. The highest BCUT2D eigenvalue weighted by atomic mass is 16.5. The number of anilines is 3. The number of para-hydroxylation sites is 1. The highest BCUT2D eigenvalue weighted by Gasteiger charge is 2.22. The van der Waals surface area contributed by atoms with Gasteiger partial charge in [-0.05, 0) is 31.0 Å². The first-order chi connectivity index (χ1) is 10.2. The summed E-state index contributed by atoms with van der Waals surface area (Å²) in [6.45, 7) is 2.94. The first kappa shape index (κ1) is 13.4. The zero-order chi connectivity index (χ0) is 14.8. The lowest BCUT2D eigenvalue weighted by Crippen LogP contribution is -2.17. The normalized spacial score (nSPS) is 13.1. The van der Waals surface area contributed by atoms with Gasteiger partial charge in [-0.2, -0.15) is 0 Å². The number of pyridine rings is 1. The third-order valence-electron chi connectivity index (χ3n) is 3.58. The largest absolute Gasteiger partial charge is 0.462 e. The number of esters is 1. The molecule has 2 heterocycles. The van der Waals surface area contributed by atoms with E-state index in [4.69, 9.17) is 10.5 Å². The van der Waals surface area contributed by atoms with Crippen LogP contribution in [0.2, 0.25) is 0 Å². The maximum Gasteiger partial charge on any atom is 0.340 e. The Labute approximate surface area is 123 Å². The van der Waals surface area contributed by atoms with Gasteiger partial charge in [-0.1, -0.05) is 18.2 Å². The van der Waals surface area contributed by atoms with Gasteiger partial charge in [0.15, 0.2) is 0 Å². The van der Waals surface area contributed by atoms with E-state index in [9.17, 15) is 4.79 Å². The number of hydrogen-bond donors (Lipinski definition) is 1. The van der Waals surface area contributed by atoms with Crippen molar-refractivity contribution in [2.45, 2.75) is 13.3 Å². The molecule has 108 valence electrons. The maximum atomic E-state index is 11.9. The van der Waals surface area contributed by atoms with Crippen LogP contribution in [-0.4, -0.2) is 24.1 Å². The van der Waals surface area contributed by atoms with Gasteiger partial charge in [-0.15, -0.1) is 0 Å². The summed E-state index contributed by atoms with van der Waals surface area (Å²) < 4.78 is 5.03. The van der Waals surface area contributed by atoms with Crippen LogP contribution in [0.1, 0.15) is 22.8 Å². The fraction of sp³-hybridized carbons (Fsp3) is 0.250. The van der Waals surface area contributed by atoms with E-state index < -0.39 is 5.97 Å². The second-order valence-electron chi connectivity index (χ2n) is 4.88. The molecule has 21 heavy (non-hydrogen) atoms. The van der Waals surface area contributed by atoms with Crippen LogP contribution in [0, 0.1) is 0 Å². The molecule has 0 spiro atoms. The monoisotopic (exact) mass is 283 g/mol. The Hall–Kier alpha value is -2.56. The van der Waals surface area contributed by atoms with Gasteiger partial charge < -0.3 is 15.4 Å². The van der Waals surface area contributed by atoms with Crippen molar-refractivity contribution in [2.75, 3.05) is 23.8 Å². The number of nitrogens with two attached hydrogens (primary N) is 1. The van der Waals surface area contributed by atoms with Crippen LogP contribution >= 0.6 is 0 Å². The molecule has 1 aromatic carbocycles. The van der Waals surface area contributed by atoms with Crippen molar-refractivity contribution in [3.8, 4) is 0 Å². The zero-order valence-electron chi connectivity index (χ0n) is 11.9. The fourth-order valence-electron chi connectivity index (χ4n) is 2.56. The Kier molecular flexibility index (Phi) is 3.48. The van der Waals surface area contributed by atoms with Crippen LogP contribution in [0.5, 0.6) is 0 Å². The molecule has 2 N–H and O–H groups in total. The average Bonchev–Trinajstić information content (AvgIpc) is 2.92. The molecule has 1 aliphatic rings. The maximum absolute atomic E-state index is 11.9. The topological polar surface area (TPSA) is 68.5 Å². The van der Waals surface area contributed by atoms with Gasteiger partial charge in [0.1, 0.15) is 5.82 Å². The van der Waals surface area contributed by atoms with E-state index in [2.05, 4.69) is 22.0 Å². The molecule has 0 aliphatic carbocycles. The Morgan fingerprint density at radius 1 is 1.43 bits per heavy atom. The quantitative estimate of drug-likeness (QED) is 0.877. The number of fused-ring (bicyclic) bond motifs is 1. The summed E-state index contributed by atoms with van der Waals surface area (Å²) in [5.41, 5.74) is 8.95. The van der Waals surface area contributed by atoms with Crippen molar-refractivity contribution in [3.05, 3.63) is 47.7 Å². The van der Waals surface area contributed by atoms with Gasteiger partial charge in [0.05, 0.1) is 24.1 Å². The Balaban J connectivity index is 1.97. The number of hydrogen-bond acceptors (Lipinski definition) is 5. The third-order valence-corrected chi connectivity index (χ3v) is 3.58. The number of carbonyl (C=O) groups is 1. The lowest BCUT2D eigenvalue weighted by atomic mass is 10.2. The van der Waals surface area contributed by atoms with Gasteiger partial charge in [0, 0.05) is 12.2 Å². The number of nitrogens with zero attached hydrogens (tertiary/aromatic N) is 2. The van der Waals surface area contributed by atoms with Crippen LogP contribution in [0.15, 0.2) is 36.5 Å². The minimum atomic E-state index is -0.411. The van der Waals surface area contributed by atoms with E-state index in [1.54, 1.807) is 13.0 Å². The molecule has 5 nitrogen and oxygen atoms in total. The predicted octanol–water partition coefficient (Wildman–Crippen LogP) is 2.53. The highest BCUT2D eigenvalue weighted by Crippen LogP contribution is 2.34. The van der Waals surface area contributed by atoms with Crippen LogP contribution in [0.25, 0.3) is 0 Å². The van der Waals surface area contributed by atoms with Crippen molar-refractivity contribution in [1.82, 2.24) is 4.98 Å². The number of carbonyl (C=O) groups excluding carboxylic acids is 1. The first-order valence-electron chi connectivity index (χ1n) is 6.98. The van der Waals surface area contributed by atoms with Gasteiger partial charge in [0.2, 0.25) is 0 Å². The standard InChI is InChI=1S/C16H17N3O2/c1-2-21-16(20)12-9-15(18-10-13(12)17)19-8-7-11-5-3-4-6-14(11)19/h3-6,9-10H,2,7-8,17H2,1H3. The first-order valence-corrected chi connectivity index (χ1v) is 6.98. The molecule has 0 saturated carbocycles. The molecule has 5 heteroatoms. The molecule has 1 aliphatic heterocycles. The number of nitrogen functional groups attached to an aromatic ring is 1. The van der Waals surface area contributed by atoms with E-state index in [1.807, 2.05) is 12.1 Å². The molecule has 1 aromatic heterocycles. The molecule has 0 radical (unpaired) electrons. The van der Waals surface area contributed by atoms with Gasteiger partial charge in [-0.25, -0.2) is 9.78 Å². The van der Waals surface area contributed by atoms with Crippen molar-refractivity contribution in [2.24, 2.45) is 0 Å². The number of ether oxygens (including phenoxy) is 1. The highest BCUT2D eigenvalue weighted by molar-refractivity contribution is 5.96. The number of rotatable bonds is 3. The van der Waals surface area contributed by atoms with E-state index in [0.717, 1.165) is 24.5 Å². The predicted molar refractivity (Wildman–Crippen MR) is 81.8 cm³/mol. The van der Waals surface area contributed by atoms with E-state index in [0.29, 0.717) is 17.9 Å². The van der Waals surface area contributed by atoms with Crippen LogP contribution in [0.4, 0.5) is 17.2 Å². The van der Waals surface area contributed by atoms with Crippen LogP contribution < -0.4 is 10.6 Å². The van der Waals surface area contributed by atoms with Crippen molar-refractivity contribution in [1.29, 1.82) is 0 Å². The molecule has 0 bridgehead atoms. The summed E-state index contributed by atoms with van der Waals surface area (Å²) in [6, 6.07) is 9.90. The van der Waals surface area contributed by atoms with Crippen LogP contribution in [0.3, 0.4) is 0 Å². The summed E-state index contributed by atoms with van der Waals surface area (Å²) in [6.07, 6.45) is 2.49. The molecule has 0 saturated heterocycles. The van der Waals surface area contributed by atoms with E-state index >= 15 is 0 Å². The average molecular weight is 283 g/mol. The lowest BCUT2D eigenvalue weighted by molar-refractivity contribution is 0.0527.